The van der Waals surface area contributed by atoms with E-state index in [-0.39, 0.29) is 17.7 Å². The molecule has 1 atom stereocenters. The van der Waals surface area contributed by atoms with Gasteiger partial charge in [0.25, 0.3) is 0 Å². The minimum atomic E-state index is -5.08. The molecule has 1 spiro atoms. The van der Waals surface area contributed by atoms with Gasteiger partial charge in [-0.2, -0.15) is 13.2 Å². The van der Waals surface area contributed by atoms with Gasteiger partial charge in [-0.15, -0.1) is 0 Å². The van der Waals surface area contributed by atoms with Gasteiger partial charge in [-0.05, 0) is 42.4 Å². The molecule has 0 aliphatic carbocycles. The molecule has 0 saturated carbocycles. The van der Waals surface area contributed by atoms with E-state index in [1.165, 1.54) is 31.6 Å². The van der Waals surface area contributed by atoms with Gasteiger partial charge in [-0.3, -0.25) is 14.9 Å². The van der Waals surface area contributed by atoms with Crippen molar-refractivity contribution in [2.24, 2.45) is 5.41 Å². The lowest BCUT2D eigenvalue weighted by molar-refractivity contribution is -0.192. The lowest BCUT2D eigenvalue weighted by Crippen LogP contribution is -2.58. The summed E-state index contributed by atoms with van der Waals surface area (Å²) in [5, 5.41) is 13.0. The number of hydrogen-bond acceptors (Lipinski definition) is 5. The first-order valence-corrected chi connectivity index (χ1v) is 9.79. The number of carboxylic acid groups (broad SMARTS) is 1. The zero-order valence-corrected chi connectivity index (χ0v) is 16.3. The normalized spacial score (nSPS) is 23.2. The Bertz CT molecular complexity index is 797. The average Bonchev–Trinajstić information content (AvgIpc) is 2.67. The molecule has 3 saturated heterocycles. The quantitative estimate of drug-likeness (QED) is 0.625. The summed E-state index contributed by atoms with van der Waals surface area (Å²) in [5.74, 6) is -3.26. The molecule has 0 aromatic heterocycles. The van der Waals surface area contributed by atoms with E-state index in [4.69, 9.17) is 9.90 Å². The predicted molar refractivity (Wildman–Crippen MR) is 102 cm³/mol. The summed E-state index contributed by atoms with van der Waals surface area (Å²) in [4.78, 5) is 34.5. The van der Waals surface area contributed by atoms with Gasteiger partial charge in [-0.1, -0.05) is 12.1 Å². The van der Waals surface area contributed by atoms with Crippen molar-refractivity contribution >= 4 is 23.5 Å². The third-order valence-corrected chi connectivity index (χ3v) is 5.97. The van der Waals surface area contributed by atoms with E-state index in [0.717, 1.165) is 18.7 Å². The number of halogens is 3. The Hall–Kier alpha value is -2.62. The zero-order valence-electron chi connectivity index (χ0n) is 16.3. The fraction of sp³-hybridized carbons (Fsp3) is 0.550. The van der Waals surface area contributed by atoms with E-state index >= 15 is 0 Å². The molecule has 30 heavy (non-hydrogen) atoms. The number of carboxylic acids is 1. The Morgan fingerprint density at radius 2 is 1.67 bits per heavy atom. The van der Waals surface area contributed by atoms with E-state index in [1.54, 1.807) is 0 Å². The van der Waals surface area contributed by atoms with Crippen LogP contribution in [0.1, 0.15) is 37.2 Å². The molecule has 2 amide bonds. The molecule has 10 heteroatoms. The van der Waals surface area contributed by atoms with Crippen LogP contribution in [0.2, 0.25) is 0 Å². The van der Waals surface area contributed by atoms with Crippen molar-refractivity contribution in [1.82, 2.24) is 10.6 Å². The van der Waals surface area contributed by atoms with Gasteiger partial charge in [-0.25, -0.2) is 4.79 Å². The fourth-order valence-corrected chi connectivity index (χ4v) is 4.00. The molecule has 3 aliphatic rings. The smallest absolute Gasteiger partial charge is 0.475 e. The van der Waals surface area contributed by atoms with E-state index in [2.05, 4.69) is 27.7 Å². The Morgan fingerprint density at radius 1 is 1.10 bits per heavy atom. The fourth-order valence-electron chi connectivity index (χ4n) is 4.00. The molecule has 3 aliphatic heterocycles. The zero-order chi connectivity index (χ0) is 21.9. The maximum Gasteiger partial charge on any atom is 0.490 e. The van der Waals surface area contributed by atoms with Crippen molar-refractivity contribution in [3.8, 4) is 0 Å². The molecule has 3 N–H and O–H groups in total. The van der Waals surface area contributed by atoms with Gasteiger partial charge < -0.3 is 15.3 Å². The summed E-state index contributed by atoms with van der Waals surface area (Å²) >= 11 is 0. The number of amides is 2. The van der Waals surface area contributed by atoms with Gasteiger partial charge in [0.15, 0.2) is 0 Å². The first-order valence-electron chi connectivity index (χ1n) is 9.79. The molecule has 164 valence electrons. The summed E-state index contributed by atoms with van der Waals surface area (Å²) in [5.41, 5.74) is 2.81. The van der Waals surface area contributed by atoms with Crippen LogP contribution in [0.25, 0.3) is 0 Å². The number of benzene rings is 1. The summed E-state index contributed by atoms with van der Waals surface area (Å²) in [7, 11) is 0. The minimum absolute atomic E-state index is 0.157. The highest BCUT2D eigenvalue weighted by Gasteiger charge is 2.40. The largest absolute Gasteiger partial charge is 0.490 e. The summed E-state index contributed by atoms with van der Waals surface area (Å²) in [6, 6.07) is 8.33. The number of rotatable bonds is 2. The first kappa shape index (κ1) is 22.1. The van der Waals surface area contributed by atoms with Gasteiger partial charge >= 0.3 is 12.1 Å². The Kier molecular flexibility index (Phi) is 6.35. The highest BCUT2D eigenvalue weighted by atomic mass is 19.4. The Labute approximate surface area is 171 Å². The van der Waals surface area contributed by atoms with Crippen LogP contribution in [-0.2, 0) is 14.4 Å². The number of anilines is 1. The second-order valence-corrected chi connectivity index (χ2v) is 7.99. The molecule has 1 aromatic carbocycles. The van der Waals surface area contributed by atoms with Crippen LogP contribution >= 0.6 is 0 Å². The van der Waals surface area contributed by atoms with Crippen LogP contribution < -0.4 is 15.5 Å². The van der Waals surface area contributed by atoms with E-state index in [1.807, 2.05) is 12.1 Å². The van der Waals surface area contributed by atoms with E-state index in [0.29, 0.717) is 18.3 Å². The number of nitrogens with one attached hydrogen (secondary N) is 2. The first-order chi connectivity index (χ1) is 14.1. The molecular formula is C20H24F3N3O4. The molecule has 0 radical (unpaired) electrons. The van der Waals surface area contributed by atoms with Crippen molar-refractivity contribution < 1.29 is 32.7 Å². The summed E-state index contributed by atoms with van der Waals surface area (Å²) in [6.45, 7) is 4.57. The van der Waals surface area contributed by atoms with Crippen LogP contribution in [0.3, 0.4) is 0 Å². The maximum absolute atomic E-state index is 12.0. The molecule has 1 aromatic rings. The third kappa shape index (κ3) is 5.10. The standard InChI is InChI=1S/C18H23N3O2.C2HF3O2/c22-16-6-5-15(17(23)20-16)13-1-3-14(4-2-13)21-9-7-18(8-10-21)11-19-12-18;3-2(4,5)1(6)7/h1-4,15,19H,5-12H2,(H,20,22,23);(H,6,7)/t15-;/m1./s1. The monoisotopic (exact) mass is 427 g/mol. The number of carbonyl (C=O) groups excluding carboxylic acids is 2. The molecule has 0 unspecified atom stereocenters. The third-order valence-electron chi connectivity index (χ3n) is 5.97. The van der Waals surface area contributed by atoms with Gasteiger partial charge in [0.05, 0.1) is 5.92 Å². The molecule has 0 bridgehead atoms. The van der Waals surface area contributed by atoms with Crippen molar-refractivity contribution in [2.75, 3.05) is 31.1 Å². The van der Waals surface area contributed by atoms with Crippen LogP contribution in [0.15, 0.2) is 24.3 Å². The lowest BCUT2D eigenvalue weighted by atomic mass is 9.73. The predicted octanol–water partition coefficient (Wildman–Crippen LogP) is 2.03. The molecule has 4 rings (SSSR count). The number of imide groups is 1. The highest BCUT2D eigenvalue weighted by Crippen LogP contribution is 2.36. The number of carbonyl (C=O) groups is 3. The Balaban J connectivity index is 0.000000318. The van der Waals surface area contributed by atoms with Crippen LogP contribution in [0, 0.1) is 5.41 Å². The molecule has 3 fully saturated rings. The minimum Gasteiger partial charge on any atom is -0.475 e. The van der Waals surface area contributed by atoms with Crippen LogP contribution in [0.4, 0.5) is 18.9 Å². The molecule has 7 nitrogen and oxygen atoms in total. The topological polar surface area (TPSA) is 98.7 Å². The van der Waals surface area contributed by atoms with Gasteiger partial charge in [0.1, 0.15) is 0 Å². The van der Waals surface area contributed by atoms with Crippen molar-refractivity contribution in [3.63, 3.8) is 0 Å². The number of hydrogen-bond donors (Lipinski definition) is 3. The van der Waals surface area contributed by atoms with Gasteiger partial charge in [0, 0.05) is 38.3 Å². The molecular weight excluding hydrogens is 403 g/mol. The average molecular weight is 427 g/mol. The number of piperidine rings is 2. The SMILES string of the molecule is O=C(O)C(F)(F)F.O=C1CC[C@H](c2ccc(N3CCC4(CC3)CNC4)cc2)C(=O)N1. The van der Waals surface area contributed by atoms with Crippen LogP contribution in [-0.4, -0.2) is 55.2 Å². The number of nitrogens with zero attached hydrogens (tertiary/aromatic N) is 1. The second-order valence-electron chi connectivity index (χ2n) is 7.99. The lowest BCUT2D eigenvalue weighted by Gasteiger charge is -2.49. The number of alkyl halides is 3. The summed E-state index contributed by atoms with van der Waals surface area (Å²) < 4.78 is 31.7. The van der Waals surface area contributed by atoms with Crippen LogP contribution in [0.5, 0.6) is 0 Å². The van der Waals surface area contributed by atoms with E-state index < -0.39 is 12.1 Å². The van der Waals surface area contributed by atoms with Gasteiger partial charge in [0.2, 0.25) is 11.8 Å². The van der Waals surface area contributed by atoms with E-state index in [9.17, 15) is 22.8 Å². The summed E-state index contributed by atoms with van der Waals surface area (Å²) in [6.07, 6.45) is -1.52. The number of aliphatic carboxylic acids is 1. The molecule has 3 heterocycles. The van der Waals surface area contributed by atoms with Crippen molar-refractivity contribution in [3.05, 3.63) is 29.8 Å². The maximum atomic E-state index is 12.0. The second kappa shape index (κ2) is 8.63. The highest BCUT2D eigenvalue weighted by molar-refractivity contribution is 6.00. The van der Waals surface area contributed by atoms with Crippen molar-refractivity contribution in [1.29, 1.82) is 0 Å². The Morgan fingerprint density at radius 3 is 2.10 bits per heavy atom. The van der Waals surface area contributed by atoms with Crippen molar-refractivity contribution in [2.45, 2.75) is 37.8 Å².